The number of rotatable bonds is 6. The van der Waals surface area contributed by atoms with Crippen molar-refractivity contribution in [1.29, 1.82) is 0 Å². The van der Waals surface area contributed by atoms with Crippen LogP contribution in [-0.2, 0) is 13.1 Å². The van der Waals surface area contributed by atoms with E-state index in [0.717, 1.165) is 26.1 Å². The molecular formula is C24H31FN2. The van der Waals surface area contributed by atoms with Gasteiger partial charge in [0.1, 0.15) is 6.17 Å². The summed E-state index contributed by atoms with van der Waals surface area (Å²) in [4.78, 5) is 5.06. The highest BCUT2D eigenvalue weighted by atomic mass is 19.1. The van der Waals surface area contributed by atoms with E-state index in [-0.39, 0.29) is 0 Å². The van der Waals surface area contributed by atoms with Crippen molar-refractivity contribution in [2.24, 2.45) is 0 Å². The van der Waals surface area contributed by atoms with E-state index in [1.165, 1.54) is 36.8 Å². The molecule has 2 aliphatic rings. The van der Waals surface area contributed by atoms with Gasteiger partial charge in [-0.1, -0.05) is 60.7 Å². The van der Waals surface area contributed by atoms with E-state index in [1.807, 2.05) is 0 Å². The average molecular weight is 367 g/mol. The number of hydrogen-bond acceptors (Lipinski definition) is 2. The van der Waals surface area contributed by atoms with E-state index >= 15 is 0 Å². The smallest absolute Gasteiger partial charge is 0.114 e. The van der Waals surface area contributed by atoms with Crippen LogP contribution >= 0.6 is 0 Å². The summed E-state index contributed by atoms with van der Waals surface area (Å²) in [7, 11) is 0. The van der Waals surface area contributed by atoms with Crippen LogP contribution in [0.1, 0.15) is 43.2 Å². The van der Waals surface area contributed by atoms with Crippen molar-refractivity contribution in [3.63, 3.8) is 0 Å². The van der Waals surface area contributed by atoms with Gasteiger partial charge in [-0.15, -0.1) is 0 Å². The molecule has 0 spiro atoms. The number of halogens is 1. The van der Waals surface area contributed by atoms with Crippen LogP contribution in [0.3, 0.4) is 0 Å². The van der Waals surface area contributed by atoms with Gasteiger partial charge in [-0.25, -0.2) is 4.39 Å². The Morgan fingerprint density at radius 2 is 1.33 bits per heavy atom. The predicted octanol–water partition coefficient (Wildman–Crippen LogP) is 5.04. The monoisotopic (exact) mass is 366 g/mol. The lowest BCUT2D eigenvalue weighted by Gasteiger charge is -2.39. The maximum Gasteiger partial charge on any atom is 0.114 e. The lowest BCUT2D eigenvalue weighted by atomic mass is 9.88. The van der Waals surface area contributed by atoms with Gasteiger partial charge < -0.3 is 0 Å². The molecule has 2 aromatic rings. The summed E-state index contributed by atoms with van der Waals surface area (Å²) >= 11 is 0. The molecule has 2 aromatic carbocycles. The summed E-state index contributed by atoms with van der Waals surface area (Å²) in [6, 6.07) is 22.8. The van der Waals surface area contributed by atoms with Crippen molar-refractivity contribution in [1.82, 2.24) is 9.80 Å². The molecule has 0 amide bonds. The molecule has 27 heavy (non-hydrogen) atoms. The molecule has 1 saturated heterocycles. The normalized spacial score (nSPS) is 26.5. The molecule has 4 rings (SSSR count). The quantitative estimate of drug-likeness (QED) is 0.706. The Bertz CT molecular complexity index is 641. The van der Waals surface area contributed by atoms with E-state index in [9.17, 15) is 4.39 Å². The highest BCUT2D eigenvalue weighted by Gasteiger charge is 2.32. The molecule has 1 saturated carbocycles. The molecule has 1 heterocycles. The van der Waals surface area contributed by atoms with Crippen LogP contribution in [0.2, 0.25) is 0 Å². The first-order valence-corrected chi connectivity index (χ1v) is 10.5. The summed E-state index contributed by atoms with van der Waals surface area (Å²) in [5, 5.41) is 0. The minimum Gasteiger partial charge on any atom is -0.297 e. The molecule has 0 aromatic heterocycles. The molecule has 1 atom stereocenters. The fourth-order valence-electron chi connectivity index (χ4n) is 4.81. The number of likely N-dealkylation sites (tertiary alicyclic amines) is 1. The second-order valence-corrected chi connectivity index (χ2v) is 8.22. The Morgan fingerprint density at radius 1 is 0.778 bits per heavy atom. The first-order chi connectivity index (χ1) is 13.3. The van der Waals surface area contributed by atoms with Gasteiger partial charge in [-0.2, -0.15) is 0 Å². The fraction of sp³-hybridized carbons (Fsp3) is 0.500. The van der Waals surface area contributed by atoms with Gasteiger partial charge in [0, 0.05) is 38.3 Å². The molecule has 1 aliphatic heterocycles. The van der Waals surface area contributed by atoms with Crippen molar-refractivity contribution in [3.8, 4) is 0 Å². The number of nitrogens with zero attached hydrogens (tertiary/aromatic N) is 2. The fourth-order valence-corrected chi connectivity index (χ4v) is 4.81. The van der Waals surface area contributed by atoms with Gasteiger partial charge in [0.25, 0.3) is 0 Å². The molecule has 3 heteroatoms. The van der Waals surface area contributed by atoms with Gasteiger partial charge >= 0.3 is 0 Å². The number of benzene rings is 2. The highest BCUT2D eigenvalue weighted by Crippen LogP contribution is 2.30. The Balaban J connectivity index is 1.41. The zero-order valence-corrected chi connectivity index (χ0v) is 16.1. The number of alkyl halides is 1. The summed E-state index contributed by atoms with van der Waals surface area (Å²) < 4.78 is 13.6. The molecule has 0 radical (unpaired) electrons. The molecular weight excluding hydrogens is 335 g/mol. The topological polar surface area (TPSA) is 6.48 Å². The van der Waals surface area contributed by atoms with Gasteiger partial charge in [-0.05, 0) is 43.2 Å². The summed E-state index contributed by atoms with van der Waals surface area (Å²) in [5.41, 5.74) is 2.77. The molecule has 0 N–H and O–H groups in total. The van der Waals surface area contributed by atoms with Gasteiger partial charge in [0.15, 0.2) is 0 Å². The second kappa shape index (κ2) is 8.99. The van der Waals surface area contributed by atoms with Crippen molar-refractivity contribution >= 4 is 0 Å². The Morgan fingerprint density at radius 3 is 1.81 bits per heavy atom. The Labute approximate surface area is 163 Å². The maximum absolute atomic E-state index is 13.6. The van der Waals surface area contributed by atoms with Gasteiger partial charge in [0.2, 0.25) is 0 Å². The molecule has 144 valence electrons. The van der Waals surface area contributed by atoms with Crippen molar-refractivity contribution in [2.45, 2.75) is 63.4 Å². The van der Waals surface area contributed by atoms with Gasteiger partial charge in [0.05, 0.1) is 0 Å². The third kappa shape index (κ3) is 4.97. The lowest BCUT2D eigenvalue weighted by Crippen LogP contribution is -2.43. The molecule has 1 aliphatic carbocycles. The summed E-state index contributed by atoms with van der Waals surface area (Å²) in [5.74, 6) is 0. The molecule has 1 unspecified atom stereocenters. The summed E-state index contributed by atoms with van der Waals surface area (Å²) in [6.45, 7) is 3.62. The Hall–Kier alpha value is -1.71. The minimum absolute atomic E-state index is 0.595. The third-order valence-electron chi connectivity index (χ3n) is 6.32. The van der Waals surface area contributed by atoms with Crippen LogP contribution in [0, 0.1) is 0 Å². The second-order valence-electron chi connectivity index (χ2n) is 8.22. The minimum atomic E-state index is -0.601. The van der Waals surface area contributed by atoms with Crippen molar-refractivity contribution < 1.29 is 4.39 Å². The van der Waals surface area contributed by atoms with Crippen molar-refractivity contribution in [2.75, 3.05) is 13.1 Å². The first kappa shape index (κ1) is 18.6. The van der Waals surface area contributed by atoms with E-state index < -0.39 is 6.17 Å². The van der Waals surface area contributed by atoms with E-state index in [4.69, 9.17) is 0 Å². The van der Waals surface area contributed by atoms with Crippen LogP contribution < -0.4 is 0 Å². The van der Waals surface area contributed by atoms with E-state index in [1.54, 1.807) is 0 Å². The third-order valence-corrected chi connectivity index (χ3v) is 6.32. The lowest BCUT2D eigenvalue weighted by molar-refractivity contribution is 0.0937. The van der Waals surface area contributed by atoms with Crippen LogP contribution in [0.5, 0.6) is 0 Å². The highest BCUT2D eigenvalue weighted by molar-refractivity contribution is 5.17. The van der Waals surface area contributed by atoms with Crippen LogP contribution in [-0.4, -0.2) is 41.1 Å². The first-order valence-electron chi connectivity index (χ1n) is 10.5. The van der Waals surface area contributed by atoms with E-state index in [0.29, 0.717) is 18.6 Å². The van der Waals surface area contributed by atoms with Gasteiger partial charge in [-0.3, -0.25) is 9.80 Å². The zero-order chi connectivity index (χ0) is 18.5. The maximum atomic E-state index is 13.6. The van der Waals surface area contributed by atoms with Crippen molar-refractivity contribution in [3.05, 3.63) is 71.8 Å². The standard InChI is InChI=1S/C24H31FN2/c25-22-15-16-26(19-22)23-11-13-24(14-12-23)27(17-20-7-3-1-4-8-20)18-21-9-5-2-6-10-21/h1-10,22-24H,11-19H2. The SMILES string of the molecule is FC1CCN(C2CCC(N(Cc3ccccc3)Cc3ccccc3)CC2)C1. The Kier molecular flexibility index (Phi) is 6.21. The predicted molar refractivity (Wildman–Crippen MR) is 109 cm³/mol. The summed E-state index contributed by atoms with van der Waals surface area (Å²) in [6.07, 6.45) is 4.98. The van der Waals surface area contributed by atoms with Crippen LogP contribution in [0.25, 0.3) is 0 Å². The zero-order valence-electron chi connectivity index (χ0n) is 16.1. The van der Waals surface area contributed by atoms with Crippen LogP contribution in [0.15, 0.2) is 60.7 Å². The molecule has 2 fully saturated rings. The molecule has 0 bridgehead atoms. The molecule has 2 nitrogen and oxygen atoms in total. The van der Waals surface area contributed by atoms with Crippen LogP contribution in [0.4, 0.5) is 4.39 Å². The average Bonchev–Trinajstić information content (AvgIpc) is 3.16. The largest absolute Gasteiger partial charge is 0.297 e. The number of hydrogen-bond donors (Lipinski definition) is 0. The van der Waals surface area contributed by atoms with E-state index in [2.05, 4.69) is 70.5 Å².